The van der Waals surface area contributed by atoms with Gasteiger partial charge in [0.25, 0.3) is 5.91 Å². The van der Waals surface area contributed by atoms with E-state index in [-0.39, 0.29) is 26.6 Å². The van der Waals surface area contributed by atoms with Crippen LogP contribution < -0.4 is 20.1 Å². The quantitative estimate of drug-likeness (QED) is 0.720. The third-order valence-electron chi connectivity index (χ3n) is 3.13. The van der Waals surface area contributed by atoms with Crippen molar-refractivity contribution in [3.05, 3.63) is 52.0 Å². The van der Waals surface area contributed by atoms with Gasteiger partial charge in [0.2, 0.25) is 0 Å². The molecule has 0 heterocycles. The van der Waals surface area contributed by atoms with Crippen LogP contribution in [0.25, 0.3) is 0 Å². The first-order valence-electron chi connectivity index (χ1n) is 6.84. The summed E-state index contributed by atoms with van der Waals surface area (Å²) in [6.07, 6.45) is 0. The van der Waals surface area contributed by atoms with Gasteiger partial charge >= 0.3 is 0 Å². The molecule has 0 aliphatic carbocycles. The maximum atomic E-state index is 13.8. The summed E-state index contributed by atoms with van der Waals surface area (Å²) in [5.41, 5.74) is 0.125. The first kappa shape index (κ1) is 19.1. The molecule has 1 amide bonds. The van der Waals surface area contributed by atoms with Gasteiger partial charge in [0.15, 0.2) is 10.9 Å². The van der Waals surface area contributed by atoms with Crippen molar-refractivity contribution in [2.24, 2.45) is 0 Å². The fourth-order valence-corrected chi connectivity index (χ4v) is 2.66. The van der Waals surface area contributed by atoms with Crippen molar-refractivity contribution in [3.63, 3.8) is 0 Å². The second kappa shape index (κ2) is 8.21. The van der Waals surface area contributed by atoms with Gasteiger partial charge in [0.05, 0.1) is 25.5 Å². The zero-order valence-electron chi connectivity index (χ0n) is 13.2. The number of anilines is 1. The number of carbonyl (C=O) groups is 1. The van der Waals surface area contributed by atoms with E-state index in [9.17, 15) is 13.6 Å². The van der Waals surface area contributed by atoms with E-state index in [0.717, 1.165) is 6.07 Å². The maximum Gasteiger partial charge on any atom is 0.261 e. The van der Waals surface area contributed by atoms with Gasteiger partial charge in [0, 0.05) is 16.6 Å². The third-order valence-corrected chi connectivity index (χ3v) is 3.96. The standard InChI is InChI=1S/C16H13BrF2N2O3S/c1-23-9-3-4-10(13(7-9)24-2)15(22)21-16(25)20-14-11(17)5-8(18)6-12(14)19/h3-7H,1-2H3,(H2,20,21,22,25). The SMILES string of the molecule is COc1ccc(C(=O)NC(=S)Nc2c(F)cc(F)cc2Br)c(OC)c1. The lowest BCUT2D eigenvalue weighted by Gasteiger charge is -2.14. The van der Waals surface area contributed by atoms with Crippen LogP contribution in [-0.4, -0.2) is 25.2 Å². The Kier molecular flexibility index (Phi) is 6.27. The summed E-state index contributed by atoms with van der Waals surface area (Å²) in [6.45, 7) is 0. The van der Waals surface area contributed by atoms with Crippen LogP contribution >= 0.6 is 28.1 Å². The number of hydrogen-bond acceptors (Lipinski definition) is 4. The number of methoxy groups -OCH3 is 2. The zero-order chi connectivity index (χ0) is 18.6. The predicted octanol–water partition coefficient (Wildman–Crippen LogP) is 3.87. The molecule has 0 spiro atoms. The highest BCUT2D eigenvalue weighted by molar-refractivity contribution is 9.10. The van der Waals surface area contributed by atoms with Crippen LogP contribution in [0.5, 0.6) is 11.5 Å². The van der Waals surface area contributed by atoms with Crippen molar-refractivity contribution in [1.82, 2.24) is 5.32 Å². The first-order valence-corrected chi connectivity index (χ1v) is 8.04. The number of hydrogen-bond donors (Lipinski definition) is 2. The van der Waals surface area contributed by atoms with Gasteiger partial charge in [-0.3, -0.25) is 10.1 Å². The Morgan fingerprint density at radius 3 is 2.48 bits per heavy atom. The Morgan fingerprint density at radius 2 is 1.88 bits per heavy atom. The van der Waals surface area contributed by atoms with Gasteiger partial charge in [-0.2, -0.15) is 0 Å². The molecule has 9 heteroatoms. The molecule has 0 unspecified atom stereocenters. The van der Waals surface area contributed by atoms with E-state index >= 15 is 0 Å². The van der Waals surface area contributed by atoms with Crippen molar-refractivity contribution in [2.45, 2.75) is 0 Å². The number of halogens is 3. The predicted molar refractivity (Wildman–Crippen MR) is 97.3 cm³/mol. The molecule has 2 N–H and O–H groups in total. The summed E-state index contributed by atoms with van der Waals surface area (Å²) in [4.78, 5) is 12.3. The molecule has 0 aliphatic heterocycles. The molecule has 0 atom stereocenters. The molecule has 0 aliphatic rings. The largest absolute Gasteiger partial charge is 0.497 e. The Morgan fingerprint density at radius 1 is 1.16 bits per heavy atom. The summed E-state index contributed by atoms with van der Waals surface area (Å²) in [6, 6.07) is 6.40. The lowest BCUT2D eigenvalue weighted by molar-refractivity contribution is 0.0974. The molecule has 5 nitrogen and oxygen atoms in total. The van der Waals surface area contributed by atoms with E-state index < -0.39 is 17.5 Å². The highest BCUT2D eigenvalue weighted by atomic mass is 79.9. The number of amides is 1. The summed E-state index contributed by atoms with van der Waals surface area (Å²) in [7, 11) is 2.90. The van der Waals surface area contributed by atoms with Gasteiger partial charge < -0.3 is 14.8 Å². The highest BCUT2D eigenvalue weighted by Crippen LogP contribution is 2.27. The lowest BCUT2D eigenvalue weighted by atomic mass is 10.2. The molecular weight excluding hydrogens is 418 g/mol. The van der Waals surface area contributed by atoms with Crippen LogP contribution in [0.15, 0.2) is 34.8 Å². The molecule has 0 radical (unpaired) electrons. The molecule has 0 bridgehead atoms. The molecular formula is C16H13BrF2N2O3S. The van der Waals surface area contributed by atoms with Crippen LogP contribution in [0.1, 0.15) is 10.4 Å². The minimum Gasteiger partial charge on any atom is -0.497 e. The molecule has 0 fully saturated rings. The minimum atomic E-state index is -0.856. The smallest absolute Gasteiger partial charge is 0.261 e. The van der Waals surface area contributed by atoms with Gasteiger partial charge in [-0.05, 0) is 46.3 Å². The van der Waals surface area contributed by atoms with Crippen molar-refractivity contribution >= 4 is 44.9 Å². The summed E-state index contributed by atoms with van der Waals surface area (Å²) >= 11 is 8.03. The maximum absolute atomic E-state index is 13.8. The second-order valence-electron chi connectivity index (χ2n) is 4.72. The Labute approximate surface area is 156 Å². The molecule has 0 aromatic heterocycles. The molecule has 132 valence electrons. The number of carbonyl (C=O) groups excluding carboxylic acids is 1. The van der Waals surface area contributed by atoms with E-state index in [1.54, 1.807) is 12.1 Å². The monoisotopic (exact) mass is 430 g/mol. The van der Waals surface area contributed by atoms with Gasteiger partial charge in [-0.15, -0.1) is 0 Å². The zero-order valence-corrected chi connectivity index (χ0v) is 15.6. The number of thiocarbonyl (C=S) groups is 1. The van der Waals surface area contributed by atoms with Gasteiger partial charge in [-0.1, -0.05) is 0 Å². The summed E-state index contributed by atoms with van der Waals surface area (Å²) in [5.74, 6) is -1.35. The fourth-order valence-electron chi connectivity index (χ4n) is 1.96. The first-order chi connectivity index (χ1) is 11.8. The van der Waals surface area contributed by atoms with Gasteiger partial charge in [-0.25, -0.2) is 8.78 Å². The van der Waals surface area contributed by atoms with Gasteiger partial charge in [0.1, 0.15) is 17.3 Å². The molecule has 25 heavy (non-hydrogen) atoms. The average molecular weight is 431 g/mol. The topological polar surface area (TPSA) is 59.6 Å². The fraction of sp³-hybridized carbons (Fsp3) is 0.125. The highest BCUT2D eigenvalue weighted by Gasteiger charge is 2.16. The summed E-state index contributed by atoms with van der Waals surface area (Å²) in [5, 5.41) is 4.76. The van der Waals surface area contributed by atoms with Crippen LogP contribution in [0.2, 0.25) is 0 Å². The Bertz CT molecular complexity index is 810. The van der Waals surface area contributed by atoms with Crippen LogP contribution in [0, 0.1) is 11.6 Å². The number of benzene rings is 2. The average Bonchev–Trinajstić information content (AvgIpc) is 2.57. The Hall–Kier alpha value is -2.26. The van der Waals surface area contributed by atoms with Crippen LogP contribution in [-0.2, 0) is 0 Å². The van der Waals surface area contributed by atoms with Crippen molar-refractivity contribution in [1.29, 1.82) is 0 Å². The minimum absolute atomic E-state index is 0.0894. The van der Waals surface area contributed by atoms with E-state index in [0.29, 0.717) is 11.8 Å². The third kappa shape index (κ3) is 4.64. The molecule has 2 aromatic carbocycles. The molecule has 2 rings (SSSR count). The van der Waals surface area contributed by atoms with Crippen LogP contribution in [0.3, 0.4) is 0 Å². The molecule has 0 saturated carbocycles. The van der Waals surface area contributed by atoms with Crippen molar-refractivity contribution < 1.29 is 23.0 Å². The van der Waals surface area contributed by atoms with E-state index in [2.05, 4.69) is 26.6 Å². The number of rotatable bonds is 4. The lowest BCUT2D eigenvalue weighted by Crippen LogP contribution is -2.34. The molecule has 0 saturated heterocycles. The number of nitrogens with one attached hydrogen (secondary N) is 2. The normalized spacial score (nSPS) is 10.1. The summed E-state index contributed by atoms with van der Waals surface area (Å²) < 4.78 is 37.2. The van der Waals surface area contributed by atoms with Crippen LogP contribution in [0.4, 0.5) is 14.5 Å². The van der Waals surface area contributed by atoms with Crippen molar-refractivity contribution in [2.75, 3.05) is 19.5 Å². The van der Waals surface area contributed by atoms with E-state index in [4.69, 9.17) is 21.7 Å². The van der Waals surface area contributed by atoms with E-state index in [1.165, 1.54) is 20.3 Å². The van der Waals surface area contributed by atoms with E-state index in [1.807, 2.05) is 0 Å². The Balaban J connectivity index is 2.15. The molecule has 2 aromatic rings. The second-order valence-corrected chi connectivity index (χ2v) is 5.98. The van der Waals surface area contributed by atoms with Crippen molar-refractivity contribution in [3.8, 4) is 11.5 Å². The number of ether oxygens (including phenoxy) is 2.